The van der Waals surface area contributed by atoms with Gasteiger partial charge in [-0.15, -0.1) is 11.3 Å². The normalized spacial score (nSPS) is 25.3. The van der Waals surface area contributed by atoms with Crippen LogP contribution in [0.5, 0.6) is 0 Å². The van der Waals surface area contributed by atoms with E-state index in [-0.39, 0.29) is 0 Å². The number of thiophene rings is 1. The van der Waals surface area contributed by atoms with E-state index in [0.29, 0.717) is 13.0 Å². The van der Waals surface area contributed by atoms with E-state index in [1.54, 1.807) is 0 Å². The van der Waals surface area contributed by atoms with E-state index >= 15 is 0 Å². The lowest BCUT2D eigenvalue weighted by atomic mass is 9.93. The van der Waals surface area contributed by atoms with Crippen LogP contribution in [0.1, 0.15) is 31.1 Å². The van der Waals surface area contributed by atoms with E-state index in [1.165, 1.54) is 11.3 Å². The Kier molecular flexibility index (Phi) is 3.76. The van der Waals surface area contributed by atoms with Crippen molar-refractivity contribution in [1.29, 1.82) is 0 Å². The van der Waals surface area contributed by atoms with Gasteiger partial charge in [0.1, 0.15) is 5.54 Å². The van der Waals surface area contributed by atoms with Crippen LogP contribution in [0.15, 0.2) is 12.1 Å². The highest BCUT2D eigenvalue weighted by molar-refractivity contribution is 7.16. The molecule has 1 aromatic rings. The Morgan fingerprint density at radius 2 is 2.41 bits per heavy atom. The molecule has 2 heterocycles. The molecule has 0 bridgehead atoms. The van der Waals surface area contributed by atoms with E-state index in [9.17, 15) is 9.90 Å². The number of likely N-dealkylation sites (tertiary alicyclic amines) is 1. The van der Waals surface area contributed by atoms with Crippen molar-refractivity contribution in [2.24, 2.45) is 0 Å². The summed E-state index contributed by atoms with van der Waals surface area (Å²) < 4.78 is 0.761. The Labute approximate surface area is 110 Å². The summed E-state index contributed by atoms with van der Waals surface area (Å²) in [6.07, 6.45) is 2.36. The van der Waals surface area contributed by atoms with Crippen LogP contribution in [0.2, 0.25) is 4.34 Å². The van der Waals surface area contributed by atoms with Gasteiger partial charge in [-0.1, -0.05) is 18.5 Å². The molecule has 5 heteroatoms. The Morgan fingerprint density at radius 1 is 1.65 bits per heavy atom. The van der Waals surface area contributed by atoms with Crippen molar-refractivity contribution in [3.05, 3.63) is 21.3 Å². The molecule has 0 aromatic carbocycles. The second kappa shape index (κ2) is 4.96. The van der Waals surface area contributed by atoms with Gasteiger partial charge in [-0.25, -0.2) is 0 Å². The van der Waals surface area contributed by atoms with Crippen LogP contribution in [0.25, 0.3) is 0 Å². The van der Waals surface area contributed by atoms with Gasteiger partial charge in [0.15, 0.2) is 0 Å². The van der Waals surface area contributed by atoms with Crippen molar-refractivity contribution in [2.45, 2.75) is 38.3 Å². The number of hydrogen-bond donors (Lipinski definition) is 1. The predicted molar refractivity (Wildman–Crippen MR) is 69.6 cm³/mol. The minimum atomic E-state index is -0.694. The first-order valence-electron chi connectivity index (χ1n) is 5.81. The van der Waals surface area contributed by atoms with Gasteiger partial charge in [-0.3, -0.25) is 9.69 Å². The largest absolute Gasteiger partial charge is 0.480 e. The summed E-state index contributed by atoms with van der Waals surface area (Å²) in [6, 6.07) is 3.85. The predicted octanol–water partition coefficient (Wildman–Crippen LogP) is 3.23. The Morgan fingerprint density at radius 3 is 2.94 bits per heavy atom. The van der Waals surface area contributed by atoms with Crippen LogP contribution in [0.4, 0.5) is 0 Å². The van der Waals surface area contributed by atoms with Crippen molar-refractivity contribution >= 4 is 28.9 Å². The zero-order valence-electron chi connectivity index (χ0n) is 9.78. The number of carbonyl (C=O) groups is 1. The molecule has 0 radical (unpaired) electrons. The molecule has 2 rings (SSSR count). The third kappa shape index (κ3) is 2.34. The number of aliphatic carboxylic acids is 1. The molecule has 1 unspecified atom stereocenters. The number of nitrogens with zero attached hydrogens (tertiary/aromatic N) is 1. The monoisotopic (exact) mass is 273 g/mol. The minimum absolute atomic E-state index is 0.654. The van der Waals surface area contributed by atoms with Gasteiger partial charge in [-0.05, 0) is 37.9 Å². The van der Waals surface area contributed by atoms with Gasteiger partial charge in [0.2, 0.25) is 0 Å². The van der Waals surface area contributed by atoms with Gasteiger partial charge in [0.05, 0.1) is 4.34 Å². The standard InChI is InChI=1S/C12H16ClNO2S/c1-2-12(11(15)16)6-3-7-14(12)8-9-4-5-10(13)17-9/h4-5H,2-3,6-8H2,1H3,(H,15,16). The summed E-state index contributed by atoms with van der Waals surface area (Å²) in [6.45, 7) is 3.50. The maximum absolute atomic E-state index is 11.5. The number of hydrogen-bond acceptors (Lipinski definition) is 3. The maximum atomic E-state index is 11.5. The van der Waals surface area contributed by atoms with Crippen LogP contribution < -0.4 is 0 Å². The highest BCUT2D eigenvalue weighted by Crippen LogP contribution is 2.35. The van der Waals surface area contributed by atoms with Crippen LogP contribution in [0.3, 0.4) is 0 Å². The summed E-state index contributed by atoms with van der Waals surface area (Å²) in [4.78, 5) is 14.7. The lowest BCUT2D eigenvalue weighted by Gasteiger charge is -2.33. The summed E-state index contributed by atoms with van der Waals surface area (Å²) in [5, 5.41) is 9.45. The van der Waals surface area contributed by atoms with Crippen LogP contribution in [-0.2, 0) is 11.3 Å². The second-order valence-corrected chi connectivity index (χ2v) is 6.22. The molecular weight excluding hydrogens is 258 g/mol. The smallest absolute Gasteiger partial charge is 0.324 e. The molecule has 0 aliphatic carbocycles. The molecular formula is C12H16ClNO2S. The first kappa shape index (κ1) is 12.9. The van der Waals surface area contributed by atoms with Gasteiger partial charge in [0, 0.05) is 11.4 Å². The third-order valence-electron chi connectivity index (χ3n) is 3.58. The summed E-state index contributed by atoms with van der Waals surface area (Å²) in [7, 11) is 0. The number of halogens is 1. The fraction of sp³-hybridized carbons (Fsp3) is 0.583. The zero-order valence-corrected chi connectivity index (χ0v) is 11.4. The van der Waals surface area contributed by atoms with E-state index in [0.717, 1.165) is 28.6 Å². The molecule has 0 spiro atoms. The lowest BCUT2D eigenvalue weighted by Crippen LogP contribution is -2.49. The quantitative estimate of drug-likeness (QED) is 0.916. The summed E-state index contributed by atoms with van der Waals surface area (Å²) >= 11 is 7.43. The topological polar surface area (TPSA) is 40.5 Å². The van der Waals surface area contributed by atoms with Gasteiger partial charge < -0.3 is 5.11 Å². The molecule has 1 aliphatic heterocycles. The third-order valence-corrected chi connectivity index (χ3v) is 4.80. The zero-order chi connectivity index (χ0) is 12.5. The molecule has 94 valence electrons. The number of rotatable bonds is 4. The molecule has 0 amide bonds. The Bertz CT molecular complexity index is 420. The van der Waals surface area contributed by atoms with E-state index in [2.05, 4.69) is 4.90 Å². The highest BCUT2D eigenvalue weighted by atomic mass is 35.5. The SMILES string of the molecule is CCC1(C(=O)O)CCCN1Cc1ccc(Cl)s1. The fourth-order valence-corrected chi connectivity index (χ4v) is 3.69. The molecule has 1 saturated heterocycles. The van der Waals surface area contributed by atoms with Crippen LogP contribution in [-0.4, -0.2) is 28.1 Å². The Balaban J connectivity index is 2.17. The molecule has 1 fully saturated rings. The molecule has 17 heavy (non-hydrogen) atoms. The summed E-state index contributed by atoms with van der Waals surface area (Å²) in [5.41, 5.74) is -0.670. The molecule has 1 aromatic heterocycles. The Hall–Kier alpha value is -0.580. The van der Waals surface area contributed by atoms with Crippen molar-refractivity contribution in [2.75, 3.05) is 6.54 Å². The van der Waals surface area contributed by atoms with Gasteiger partial charge >= 0.3 is 5.97 Å². The minimum Gasteiger partial charge on any atom is -0.480 e. The van der Waals surface area contributed by atoms with E-state index in [4.69, 9.17) is 11.6 Å². The second-order valence-electron chi connectivity index (χ2n) is 4.42. The van der Waals surface area contributed by atoms with E-state index < -0.39 is 11.5 Å². The molecule has 3 nitrogen and oxygen atoms in total. The first-order valence-corrected chi connectivity index (χ1v) is 7.00. The van der Waals surface area contributed by atoms with Gasteiger partial charge in [-0.2, -0.15) is 0 Å². The van der Waals surface area contributed by atoms with Gasteiger partial charge in [0.25, 0.3) is 0 Å². The maximum Gasteiger partial charge on any atom is 0.324 e. The molecule has 1 aliphatic rings. The molecule has 1 atom stereocenters. The number of carboxylic acid groups (broad SMARTS) is 1. The fourth-order valence-electron chi connectivity index (χ4n) is 2.58. The average molecular weight is 274 g/mol. The van der Waals surface area contributed by atoms with Crippen LogP contribution >= 0.6 is 22.9 Å². The van der Waals surface area contributed by atoms with E-state index in [1.807, 2.05) is 19.1 Å². The van der Waals surface area contributed by atoms with Crippen molar-refractivity contribution in [3.8, 4) is 0 Å². The summed E-state index contributed by atoms with van der Waals surface area (Å²) in [5.74, 6) is -0.694. The average Bonchev–Trinajstić information content (AvgIpc) is 2.86. The molecule has 0 saturated carbocycles. The van der Waals surface area contributed by atoms with Crippen molar-refractivity contribution < 1.29 is 9.90 Å². The molecule has 1 N–H and O–H groups in total. The lowest BCUT2D eigenvalue weighted by molar-refractivity contribution is -0.150. The van der Waals surface area contributed by atoms with Crippen molar-refractivity contribution in [1.82, 2.24) is 4.90 Å². The van der Waals surface area contributed by atoms with Crippen LogP contribution in [0, 0.1) is 0 Å². The van der Waals surface area contributed by atoms with Crippen molar-refractivity contribution in [3.63, 3.8) is 0 Å². The first-order chi connectivity index (χ1) is 8.08. The highest BCUT2D eigenvalue weighted by Gasteiger charge is 2.45. The number of carboxylic acids is 1.